The van der Waals surface area contributed by atoms with Gasteiger partial charge in [0.1, 0.15) is 5.82 Å². The third-order valence-corrected chi connectivity index (χ3v) is 3.70. The molecule has 0 saturated heterocycles. The molecule has 0 spiro atoms. The lowest BCUT2D eigenvalue weighted by molar-refractivity contribution is 0.383. The number of hydrogen-bond acceptors (Lipinski definition) is 2. The van der Waals surface area contributed by atoms with Crippen LogP contribution < -0.4 is 10.1 Å². The molecule has 2 nitrogen and oxygen atoms in total. The molecular weight excluding hydrogens is 296 g/mol. The number of rotatable bonds is 5. The van der Waals surface area contributed by atoms with Gasteiger partial charge in [0.15, 0.2) is 11.6 Å². The van der Waals surface area contributed by atoms with Crippen molar-refractivity contribution in [3.8, 4) is 5.75 Å². The summed E-state index contributed by atoms with van der Waals surface area (Å²) in [4.78, 5) is 0. The summed E-state index contributed by atoms with van der Waals surface area (Å²) >= 11 is 6.07. The average Bonchev–Trinajstić information content (AvgIpc) is 2.47. The highest BCUT2D eigenvalue weighted by atomic mass is 35.5. The molecule has 0 aliphatic heterocycles. The highest BCUT2D eigenvalue weighted by Crippen LogP contribution is 2.29. The highest BCUT2D eigenvalue weighted by Gasteiger charge is 2.17. The maximum Gasteiger partial charge on any atom is 0.168 e. The fourth-order valence-corrected chi connectivity index (χ4v) is 2.54. The van der Waals surface area contributed by atoms with Crippen LogP contribution in [0.4, 0.5) is 8.78 Å². The first-order valence-electron chi connectivity index (χ1n) is 6.50. The Labute approximate surface area is 127 Å². The molecule has 5 heteroatoms. The second-order valence-corrected chi connectivity index (χ2v) is 5.05. The summed E-state index contributed by atoms with van der Waals surface area (Å²) in [5, 5.41) is 3.39. The van der Waals surface area contributed by atoms with E-state index in [0.29, 0.717) is 17.0 Å². The number of hydrogen-bond donors (Lipinski definition) is 1. The van der Waals surface area contributed by atoms with Crippen molar-refractivity contribution in [2.45, 2.75) is 12.5 Å². The van der Waals surface area contributed by atoms with Crippen molar-refractivity contribution in [1.82, 2.24) is 5.32 Å². The molecule has 0 fully saturated rings. The van der Waals surface area contributed by atoms with E-state index in [0.717, 1.165) is 5.56 Å². The van der Waals surface area contributed by atoms with Crippen molar-refractivity contribution in [3.05, 3.63) is 64.2 Å². The van der Waals surface area contributed by atoms with Crippen LogP contribution >= 0.6 is 11.6 Å². The van der Waals surface area contributed by atoms with Crippen LogP contribution in [0.2, 0.25) is 5.02 Å². The van der Waals surface area contributed by atoms with Crippen LogP contribution in [-0.2, 0) is 6.42 Å². The molecule has 1 unspecified atom stereocenters. The van der Waals surface area contributed by atoms with Gasteiger partial charge in [0.05, 0.1) is 7.11 Å². The second-order valence-electron chi connectivity index (χ2n) is 4.64. The van der Waals surface area contributed by atoms with Gasteiger partial charge in [-0.1, -0.05) is 29.8 Å². The summed E-state index contributed by atoms with van der Waals surface area (Å²) in [6.45, 7) is 0. The van der Waals surface area contributed by atoms with Crippen LogP contribution in [0.5, 0.6) is 5.75 Å². The third-order valence-electron chi connectivity index (χ3n) is 3.37. The minimum Gasteiger partial charge on any atom is -0.494 e. The third kappa shape index (κ3) is 3.52. The predicted molar refractivity (Wildman–Crippen MR) is 79.9 cm³/mol. The van der Waals surface area contributed by atoms with Gasteiger partial charge < -0.3 is 10.1 Å². The number of ether oxygens (including phenoxy) is 1. The standard InChI is InChI=1S/C16H16ClF2NO/c1-20-14(12-7-6-11(18)9-13(12)17)8-10-4-3-5-15(21-2)16(10)19/h3-7,9,14,20H,8H2,1-2H3. The molecule has 0 aromatic heterocycles. The zero-order valence-corrected chi connectivity index (χ0v) is 12.5. The molecular formula is C16H16ClF2NO. The lowest BCUT2D eigenvalue weighted by Crippen LogP contribution is -2.20. The van der Waals surface area contributed by atoms with E-state index in [1.807, 2.05) is 0 Å². The van der Waals surface area contributed by atoms with Crippen molar-refractivity contribution in [3.63, 3.8) is 0 Å². The first-order chi connectivity index (χ1) is 10.1. The van der Waals surface area contributed by atoms with Gasteiger partial charge >= 0.3 is 0 Å². The normalized spacial score (nSPS) is 12.2. The Hall–Kier alpha value is -1.65. The van der Waals surface area contributed by atoms with Crippen LogP contribution in [-0.4, -0.2) is 14.2 Å². The first kappa shape index (κ1) is 15.7. The van der Waals surface area contributed by atoms with E-state index in [9.17, 15) is 8.78 Å². The minimum atomic E-state index is -0.397. The Morgan fingerprint density at radius 1 is 1.24 bits per heavy atom. The Morgan fingerprint density at radius 2 is 2.00 bits per heavy atom. The molecule has 1 N–H and O–H groups in total. The minimum absolute atomic E-state index is 0.201. The monoisotopic (exact) mass is 311 g/mol. The zero-order chi connectivity index (χ0) is 15.4. The van der Waals surface area contributed by atoms with E-state index in [2.05, 4.69) is 5.32 Å². The van der Waals surface area contributed by atoms with E-state index in [-0.39, 0.29) is 11.8 Å². The Balaban J connectivity index is 2.31. The van der Waals surface area contributed by atoms with Gasteiger partial charge in [0.2, 0.25) is 0 Å². The number of methoxy groups -OCH3 is 1. The van der Waals surface area contributed by atoms with Gasteiger partial charge in [0.25, 0.3) is 0 Å². The smallest absolute Gasteiger partial charge is 0.168 e. The number of likely N-dealkylation sites (N-methyl/N-ethyl adjacent to an activating group) is 1. The fraction of sp³-hybridized carbons (Fsp3) is 0.250. The molecule has 0 aliphatic carbocycles. The zero-order valence-electron chi connectivity index (χ0n) is 11.8. The maximum atomic E-state index is 14.2. The van der Waals surface area contributed by atoms with Crippen LogP contribution in [0, 0.1) is 11.6 Å². The Bertz CT molecular complexity index is 634. The van der Waals surface area contributed by atoms with Crippen molar-refractivity contribution >= 4 is 11.6 Å². The van der Waals surface area contributed by atoms with E-state index in [1.165, 1.54) is 19.2 Å². The maximum absolute atomic E-state index is 14.2. The van der Waals surface area contributed by atoms with E-state index in [1.54, 1.807) is 31.3 Å². The van der Waals surface area contributed by atoms with Crippen LogP contribution in [0.25, 0.3) is 0 Å². The summed E-state index contributed by atoms with van der Waals surface area (Å²) in [5.74, 6) is -0.586. The van der Waals surface area contributed by atoms with Crippen LogP contribution in [0.15, 0.2) is 36.4 Å². The second kappa shape index (κ2) is 6.87. The molecule has 0 heterocycles. The van der Waals surface area contributed by atoms with Gasteiger partial charge in [-0.15, -0.1) is 0 Å². The van der Waals surface area contributed by atoms with E-state index in [4.69, 9.17) is 16.3 Å². The molecule has 2 rings (SSSR count). The van der Waals surface area contributed by atoms with Crippen molar-refractivity contribution in [1.29, 1.82) is 0 Å². The molecule has 2 aromatic carbocycles. The van der Waals surface area contributed by atoms with Crippen molar-refractivity contribution in [2.75, 3.05) is 14.2 Å². The van der Waals surface area contributed by atoms with Crippen molar-refractivity contribution in [2.24, 2.45) is 0 Å². The van der Waals surface area contributed by atoms with Crippen LogP contribution in [0.1, 0.15) is 17.2 Å². The Kier molecular flexibility index (Phi) is 5.15. The molecule has 112 valence electrons. The summed E-state index contributed by atoms with van der Waals surface area (Å²) in [7, 11) is 3.18. The fourth-order valence-electron chi connectivity index (χ4n) is 2.24. The quantitative estimate of drug-likeness (QED) is 0.896. The molecule has 0 aliphatic rings. The number of benzene rings is 2. The van der Waals surface area contributed by atoms with Gasteiger partial charge in [-0.05, 0) is 42.8 Å². The average molecular weight is 312 g/mol. The summed E-state index contributed by atoms with van der Waals surface area (Å²) in [6, 6.07) is 8.97. The molecule has 21 heavy (non-hydrogen) atoms. The van der Waals surface area contributed by atoms with Gasteiger partial charge in [-0.25, -0.2) is 8.78 Å². The summed E-state index contributed by atoms with van der Waals surface area (Å²) in [6.07, 6.45) is 0.380. The highest BCUT2D eigenvalue weighted by molar-refractivity contribution is 6.31. The molecule has 0 radical (unpaired) electrons. The largest absolute Gasteiger partial charge is 0.494 e. The van der Waals surface area contributed by atoms with E-state index >= 15 is 0 Å². The Morgan fingerprint density at radius 3 is 2.62 bits per heavy atom. The number of nitrogens with one attached hydrogen (secondary N) is 1. The number of halogens is 3. The summed E-state index contributed by atoms with van der Waals surface area (Å²) < 4.78 is 32.3. The lowest BCUT2D eigenvalue weighted by Gasteiger charge is -2.19. The van der Waals surface area contributed by atoms with Gasteiger partial charge in [-0.2, -0.15) is 0 Å². The first-order valence-corrected chi connectivity index (χ1v) is 6.88. The summed E-state index contributed by atoms with van der Waals surface area (Å²) in [5.41, 5.74) is 1.23. The topological polar surface area (TPSA) is 21.3 Å². The van der Waals surface area contributed by atoms with Crippen molar-refractivity contribution < 1.29 is 13.5 Å². The predicted octanol–water partition coefficient (Wildman–Crippen LogP) is 4.13. The van der Waals surface area contributed by atoms with E-state index < -0.39 is 11.6 Å². The molecule has 0 bridgehead atoms. The van der Waals surface area contributed by atoms with Gasteiger partial charge in [0, 0.05) is 11.1 Å². The molecule has 2 aromatic rings. The molecule has 0 saturated carbocycles. The molecule has 1 atom stereocenters. The van der Waals surface area contributed by atoms with Crippen LogP contribution in [0.3, 0.4) is 0 Å². The molecule has 0 amide bonds. The SMILES string of the molecule is CNC(Cc1cccc(OC)c1F)c1ccc(F)cc1Cl. The van der Waals surface area contributed by atoms with Gasteiger partial charge in [-0.3, -0.25) is 0 Å². The lowest BCUT2D eigenvalue weighted by atomic mass is 9.98.